The van der Waals surface area contributed by atoms with E-state index < -0.39 is 0 Å². The second-order valence-corrected chi connectivity index (χ2v) is 10.3. The maximum atomic E-state index is 5.67. The lowest BCUT2D eigenvalue weighted by Gasteiger charge is -2.32. The normalized spacial score (nSPS) is 25.9. The molecule has 0 amide bonds. The summed E-state index contributed by atoms with van der Waals surface area (Å²) in [5.74, 6) is 3.33. The summed E-state index contributed by atoms with van der Waals surface area (Å²) in [6.45, 7) is 12.0. The van der Waals surface area contributed by atoms with Crippen LogP contribution in [0, 0.1) is 11.8 Å². The van der Waals surface area contributed by atoms with Gasteiger partial charge in [0.25, 0.3) is 0 Å². The van der Waals surface area contributed by atoms with Gasteiger partial charge in [-0.05, 0) is 88.5 Å². The van der Waals surface area contributed by atoms with Gasteiger partial charge in [-0.3, -0.25) is 0 Å². The zero-order valence-electron chi connectivity index (χ0n) is 27.6. The predicted molar refractivity (Wildman–Crippen MR) is 181 cm³/mol. The van der Waals surface area contributed by atoms with Crippen LogP contribution in [0.3, 0.4) is 0 Å². The highest BCUT2D eigenvalue weighted by Gasteiger charge is 2.27. The van der Waals surface area contributed by atoms with E-state index in [0.29, 0.717) is 12.1 Å². The van der Waals surface area contributed by atoms with Gasteiger partial charge in [-0.2, -0.15) is 0 Å². The lowest BCUT2D eigenvalue weighted by molar-refractivity contribution is 0.224. The van der Waals surface area contributed by atoms with Gasteiger partial charge in [0.1, 0.15) is 0 Å². The topological polar surface area (TPSA) is 43.2 Å². The molecule has 2 saturated carbocycles. The summed E-state index contributed by atoms with van der Waals surface area (Å²) in [4.78, 5) is 10.0. The summed E-state index contributed by atoms with van der Waals surface area (Å²) in [7, 11) is 3.50. The highest BCUT2D eigenvalue weighted by Crippen LogP contribution is 2.37. The Morgan fingerprint density at radius 1 is 0.659 bits per heavy atom. The van der Waals surface area contributed by atoms with Crippen molar-refractivity contribution in [2.45, 2.75) is 124 Å². The van der Waals surface area contributed by atoms with Crippen molar-refractivity contribution in [3.63, 3.8) is 0 Å². The number of hydrogen-bond acceptors (Lipinski definition) is 4. The molecule has 0 unspecified atom stereocenters. The number of allylic oxidation sites excluding steroid dienone is 9. The number of hydrogen-bond donors (Lipinski definition) is 0. The Morgan fingerprint density at radius 3 is 1.76 bits per heavy atom. The maximum Gasteiger partial charge on any atom is 0.215 e. The molecule has 0 radical (unpaired) electrons. The van der Waals surface area contributed by atoms with Gasteiger partial charge in [0, 0.05) is 11.1 Å². The van der Waals surface area contributed by atoms with Gasteiger partial charge >= 0.3 is 0 Å². The minimum Gasteiger partial charge on any atom is -0.481 e. The van der Waals surface area contributed by atoms with Gasteiger partial charge in [0.2, 0.25) is 11.8 Å². The molecule has 0 atom stereocenters. The van der Waals surface area contributed by atoms with Crippen molar-refractivity contribution in [3.05, 3.63) is 71.9 Å². The number of rotatable bonds is 6. The molecule has 0 heterocycles. The first-order valence-electron chi connectivity index (χ1n) is 16.5. The number of nitrogens with zero attached hydrogens (tertiary/aromatic N) is 2. The van der Waals surface area contributed by atoms with Crippen LogP contribution in [-0.2, 0) is 9.47 Å². The number of methoxy groups -OCH3 is 2. The summed E-state index contributed by atoms with van der Waals surface area (Å²) in [5, 5.41) is 0. The second kappa shape index (κ2) is 23.0. The lowest BCUT2D eigenvalue weighted by Crippen LogP contribution is -2.24. The zero-order chi connectivity index (χ0) is 30.3. The molecule has 0 saturated heterocycles. The predicted octanol–water partition coefficient (Wildman–Crippen LogP) is 10.5. The monoisotopic (exact) mass is 564 g/mol. The van der Waals surface area contributed by atoms with Gasteiger partial charge in [0.15, 0.2) is 0 Å². The van der Waals surface area contributed by atoms with Crippen molar-refractivity contribution < 1.29 is 9.47 Å². The minimum atomic E-state index is 0.396. The fraction of sp³-hybridized carbons (Fsp3) is 0.622. The fourth-order valence-corrected chi connectivity index (χ4v) is 5.81. The third-order valence-electron chi connectivity index (χ3n) is 7.80. The average molecular weight is 565 g/mol. The van der Waals surface area contributed by atoms with E-state index >= 15 is 0 Å². The van der Waals surface area contributed by atoms with Gasteiger partial charge < -0.3 is 9.47 Å². The molecule has 4 heteroatoms. The van der Waals surface area contributed by atoms with E-state index in [-0.39, 0.29) is 0 Å². The first-order valence-corrected chi connectivity index (χ1v) is 16.5. The molecule has 0 aliphatic heterocycles. The highest BCUT2D eigenvalue weighted by molar-refractivity contribution is 5.96. The SMILES string of the molecule is CC.CC.CC.COC(=NC1CCC(CC2CCC(N=C(OC)C3=CC=CC=CC3)CC2)CC1)C1=CCC=CC=C1. The molecular formula is C37H60N2O2. The molecule has 0 N–H and O–H groups in total. The Kier molecular flexibility index (Phi) is 20.4. The Morgan fingerprint density at radius 2 is 1.20 bits per heavy atom. The lowest BCUT2D eigenvalue weighted by atomic mass is 9.76. The van der Waals surface area contributed by atoms with Crippen LogP contribution in [0.2, 0.25) is 0 Å². The molecule has 4 rings (SSSR count). The Hall–Kier alpha value is -2.62. The summed E-state index contributed by atoms with van der Waals surface area (Å²) in [6.07, 6.45) is 34.3. The van der Waals surface area contributed by atoms with Gasteiger partial charge in [-0.25, -0.2) is 9.98 Å². The maximum absolute atomic E-state index is 5.67. The largest absolute Gasteiger partial charge is 0.481 e. The smallest absolute Gasteiger partial charge is 0.215 e. The number of aliphatic imine (C=N–C) groups is 2. The molecule has 0 aromatic carbocycles. The van der Waals surface area contributed by atoms with E-state index in [1.54, 1.807) is 14.2 Å². The average Bonchev–Trinajstić information content (AvgIpc) is 3.49. The molecule has 4 aliphatic carbocycles. The van der Waals surface area contributed by atoms with Gasteiger partial charge in [-0.15, -0.1) is 0 Å². The van der Waals surface area contributed by atoms with Crippen molar-refractivity contribution in [2.24, 2.45) is 21.8 Å². The van der Waals surface area contributed by atoms with Crippen molar-refractivity contribution in [2.75, 3.05) is 14.2 Å². The first-order chi connectivity index (χ1) is 20.2. The van der Waals surface area contributed by atoms with Crippen LogP contribution in [0.1, 0.15) is 112 Å². The van der Waals surface area contributed by atoms with Crippen molar-refractivity contribution in [1.82, 2.24) is 0 Å². The third kappa shape index (κ3) is 13.3. The van der Waals surface area contributed by atoms with Crippen LogP contribution in [0.25, 0.3) is 0 Å². The highest BCUT2D eigenvalue weighted by atomic mass is 16.5. The summed E-state index contributed by atoms with van der Waals surface area (Å²) in [6, 6.07) is 0.797. The van der Waals surface area contributed by atoms with Crippen LogP contribution in [0.5, 0.6) is 0 Å². The van der Waals surface area contributed by atoms with Gasteiger partial charge in [0.05, 0.1) is 26.3 Å². The molecule has 230 valence electrons. The Labute approximate surface area is 253 Å². The Bertz CT molecular complexity index is 932. The van der Waals surface area contributed by atoms with Crippen LogP contribution in [0.4, 0.5) is 0 Å². The van der Waals surface area contributed by atoms with E-state index in [4.69, 9.17) is 19.5 Å². The fourth-order valence-electron chi connectivity index (χ4n) is 5.81. The third-order valence-corrected chi connectivity index (χ3v) is 7.80. The van der Waals surface area contributed by atoms with Crippen molar-refractivity contribution in [3.8, 4) is 0 Å². The Balaban J connectivity index is 0.00000131. The van der Waals surface area contributed by atoms with E-state index in [2.05, 4.69) is 60.8 Å². The molecule has 0 aromatic rings. The standard InChI is InChI=1S/C31H42N2O2.3C2H6/c1-34-30(26-11-7-3-4-8-12-26)32-28-19-15-24(16-20-28)23-25-17-21-29(22-18-25)33-31(35-2)27-13-9-5-6-10-14-27;3*1-2/h3-9,11,13-14,24-25,28-29H,10,12,15-23H2,1-2H3;3*1-2H3. The summed E-state index contributed by atoms with van der Waals surface area (Å²) in [5.41, 5.74) is 2.29. The molecular weight excluding hydrogens is 504 g/mol. The zero-order valence-corrected chi connectivity index (χ0v) is 27.6. The van der Waals surface area contributed by atoms with Crippen molar-refractivity contribution >= 4 is 11.8 Å². The van der Waals surface area contributed by atoms with Crippen LogP contribution in [0.15, 0.2) is 81.9 Å². The molecule has 41 heavy (non-hydrogen) atoms. The van der Waals surface area contributed by atoms with E-state index in [1.807, 2.05) is 41.5 Å². The first kappa shape index (κ1) is 36.4. The molecule has 0 bridgehead atoms. The summed E-state index contributed by atoms with van der Waals surface area (Å²) >= 11 is 0. The second-order valence-electron chi connectivity index (χ2n) is 10.3. The van der Waals surface area contributed by atoms with Crippen LogP contribution in [-0.4, -0.2) is 38.1 Å². The molecule has 4 nitrogen and oxygen atoms in total. The molecule has 0 spiro atoms. The van der Waals surface area contributed by atoms with Crippen LogP contribution >= 0.6 is 0 Å². The molecule has 2 fully saturated rings. The summed E-state index contributed by atoms with van der Waals surface area (Å²) < 4.78 is 11.3. The van der Waals surface area contributed by atoms with Crippen LogP contribution < -0.4 is 0 Å². The van der Waals surface area contributed by atoms with Gasteiger partial charge in [-0.1, -0.05) is 96.2 Å². The number of ether oxygens (including phenoxy) is 2. The molecule has 0 aromatic heterocycles. The van der Waals surface area contributed by atoms with E-state index in [9.17, 15) is 0 Å². The molecule has 4 aliphatic rings. The minimum absolute atomic E-state index is 0.396. The van der Waals surface area contributed by atoms with Crippen molar-refractivity contribution in [1.29, 1.82) is 0 Å². The van der Waals surface area contributed by atoms with E-state index in [0.717, 1.165) is 42.0 Å². The quantitative estimate of drug-likeness (QED) is 0.238. The van der Waals surface area contributed by atoms with E-state index in [1.165, 1.54) is 63.4 Å².